The van der Waals surface area contributed by atoms with E-state index in [2.05, 4.69) is 28.9 Å². The highest BCUT2D eigenvalue weighted by molar-refractivity contribution is 5.71. The predicted molar refractivity (Wildman–Crippen MR) is 66.5 cm³/mol. The highest BCUT2D eigenvalue weighted by atomic mass is 16.5. The van der Waals surface area contributed by atoms with E-state index in [1.165, 1.54) is 7.11 Å². The summed E-state index contributed by atoms with van der Waals surface area (Å²) in [6.45, 7) is 5.20. The maximum Gasteiger partial charge on any atom is 0.319 e. The molecule has 0 aliphatic heterocycles. The summed E-state index contributed by atoms with van der Waals surface area (Å²) < 4.78 is 4.53. The van der Waals surface area contributed by atoms with Crippen LogP contribution < -0.4 is 5.32 Å². The molecule has 0 fully saturated rings. The van der Waals surface area contributed by atoms with Gasteiger partial charge in [0, 0.05) is 18.4 Å². The van der Waals surface area contributed by atoms with Gasteiger partial charge in [0.15, 0.2) is 0 Å². The normalized spacial score (nSPS) is 10.6. The zero-order chi connectivity index (χ0) is 12.7. The maximum atomic E-state index is 10.9. The number of rotatable bonds is 6. The molecule has 1 rings (SSSR count). The molecule has 0 saturated heterocycles. The van der Waals surface area contributed by atoms with Crippen LogP contribution in [0.3, 0.4) is 0 Å². The standard InChI is InChI=1S/C13H20N2O2/c1-10(2)6-12-5-4-11(8-15-12)7-14-9-13(16)17-3/h4-5,8,10,14H,6-7,9H2,1-3H3. The molecular weight excluding hydrogens is 216 g/mol. The van der Waals surface area contributed by atoms with Crippen molar-refractivity contribution in [3.63, 3.8) is 0 Å². The Morgan fingerprint density at radius 1 is 1.47 bits per heavy atom. The van der Waals surface area contributed by atoms with E-state index < -0.39 is 0 Å². The Morgan fingerprint density at radius 2 is 2.24 bits per heavy atom. The van der Waals surface area contributed by atoms with Crippen LogP contribution in [-0.2, 0) is 22.5 Å². The maximum absolute atomic E-state index is 10.9. The van der Waals surface area contributed by atoms with Gasteiger partial charge < -0.3 is 10.1 Å². The molecule has 0 spiro atoms. The Hall–Kier alpha value is -1.42. The first-order chi connectivity index (χ1) is 8.11. The van der Waals surface area contributed by atoms with Gasteiger partial charge in [0.25, 0.3) is 0 Å². The van der Waals surface area contributed by atoms with E-state index >= 15 is 0 Å². The first-order valence-electron chi connectivity index (χ1n) is 5.83. The van der Waals surface area contributed by atoms with Crippen LogP contribution in [0.25, 0.3) is 0 Å². The zero-order valence-corrected chi connectivity index (χ0v) is 10.7. The summed E-state index contributed by atoms with van der Waals surface area (Å²) in [4.78, 5) is 15.3. The molecule has 4 heteroatoms. The number of esters is 1. The Balaban J connectivity index is 2.37. The molecule has 1 N–H and O–H groups in total. The van der Waals surface area contributed by atoms with E-state index in [0.29, 0.717) is 12.5 Å². The largest absolute Gasteiger partial charge is 0.468 e. The summed E-state index contributed by atoms with van der Waals surface area (Å²) in [5.41, 5.74) is 2.18. The van der Waals surface area contributed by atoms with Crippen LogP contribution in [0.1, 0.15) is 25.1 Å². The third-order valence-corrected chi connectivity index (χ3v) is 2.33. The molecule has 0 radical (unpaired) electrons. The zero-order valence-electron chi connectivity index (χ0n) is 10.7. The van der Waals surface area contributed by atoms with Crippen molar-refractivity contribution in [3.8, 4) is 0 Å². The number of methoxy groups -OCH3 is 1. The number of pyridine rings is 1. The predicted octanol–water partition coefficient (Wildman–Crippen LogP) is 1.54. The van der Waals surface area contributed by atoms with E-state index in [4.69, 9.17) is 0 Å². The van der Waals surface area contributed by atoms with Gasteiger partial charge in [-0.25, -0.2) is 0 Å². The van der Waals surface area contributed by atoms with E-state index in [9.17, 15) is 4.79 Å². The Labute approximate surface area is 102 Å². The summed E-state index contributed by atoms with van der Waals surface area (Å²) in [6.07, 6.45) is 2.85. The summed E-state index contributed by atoms with van der Waals surface area (Å²) >= 11 is 0. The molecule has 0 aliphatic carbocycles. The van der Waals surface area contributed by atoms with Crippen molar-refractivity contribution >= 4 is 5.97 Å². The quantitative estimate of drug-likeness (QED) is 0.761. The molecule has 0 aromatic carbocycles. The van der Waals surface area contributed by atoms with Gasteiger partial charge in [-0.2, -0.15) is 0 Å². The van der Waals surface area contributed by atoms with Gasteiger partial charge >= 0.3 is 5.97 Å². The molecule has 0 unspecified atom stereocenters. The second-order valence-electron chi connectivity index (χ2n) is 4.44. The van der Waals surface area contributed by atoms with Crippen LogP contribution >= 0.6 is 0 Å². The minimum absolute atomic E-state index is 0.226. The fourth-order valence-electron chi connectivity index (χ4n) is 1.48. The van der Waals surface area contributed by atoms with Crippen molar-refractivity contribution in [2.45, 2.75) is 26.8 Å². The van der Waals surface area contributed by atoms with Gasteiger partial charge in [-0.3, -0.25) is 9.78 Å². The molecule has 1 aromatic heterocycles. The van der Waals surface area contributed by atoms with Gasteiger partial charge in [0.1, 0.15) is 0 Å². The van der Waals surface area contributed by atoms with Gasteiger partial charge in [0.2, 0.25) is 0 Å². The first-order valence-corrected chi connectivity index (χ1v) is 5.83. The van der Waals surface area contributed by atoms with Crippen molar-refractivity contribution in [2.24, 2.45) is 5.92 Å². The summed E-state index contributed by atoms with van der Waals surface area (Å²) in [5.74, 6) is 0.361. The minimum Gasteiger partial charge on any atom is -0.468 e. The van der Waals surface area contributed by atoms with E-state index in [1.807, 2.05) is 18.3 Å². The molecule has 4 nitrogen and oxygen atoms in total. The van der Waals surface area contributed by atoms with Crippen LogP contribution in [-0.4, -0.2) is 24.6 Å². The van der Waals surface area contributed by atoms with Crippen LogP contribution in [0, 0.1) is 5.92 Å². The number of ether oxygens (including phenoxy) is 1. The molecule has 0 atom stereocenters. The highest BCUT2D eigenvalue weighted by Gasteiger charge is 2.01. The van der Waals surface area contributed by atoms with Crippen LogP contribution in [0.5, 0.6) is 0 Å². The number of hydrogen-bond acceptors (Lipinski definition) is 4. The molecule has 0 bridgehead atoms. The molecular formula is C13H20N2O2. The fourth-order valence-corrected chi connectivity index (χ4v) is 1.48. The van der Waals surface area contributed by atoms with Crippen LogP contribution in [0.2, 0.25) is 0 Å². The summed E-state index contributed by atoms with van der Waals surface area (Å²) in [7, 11) is 1.38. The second-order valence-corrected chi connectivity index (χ2v) is 4.44. The van der Waals surface area contributed by atoms with Crippen molar-refractivity contribution in [2.75, 3.05) is 13.7 Å². The van der Waals surface area contributed by atoms with Gasteiger partial charge in [0.05, 0.1) is 13.7 Å². The third kappa shape index (κ3) is 5.45. The Bertz CT molecular complexity index is 347. The fraction of sp³-hybridized carbons (Fsp3) is 0.538. The summed E-state index contributed by atoms with van der Waals surface area (Å²) in [6, 6.07) is 4.07. The lowest BCUT2D eigenvalue weighted by Gasteiger charge is -2.06. The third-order valence-electron chi connectivity index (χ3n) is 2.33. The van der Waals surface area contributed by atoms with Gasteiger partial charge in [-0.05, 0) is 24.0 Å². The second kappa shape index (κ2) is 7.01. The Kier molecular flexibility index (Phi) is 5.63. The van der Waals surface area contributed by atoms with Crippen LogP contribution in [0.4, 0.5) is 0 Å². The molecule has 0 amide bonds. The first kappa shape index (κ1) is 13.6. The average Bonchev–Trinajstić information content (AvgIpc) is 2.30. The number of hydrogen-bond donors (Lipinski definition) is 1. The number of carbonyl (C=O) groups is 1. The molecule has 1 heterocycles. The SMILES string of the molecule is COC(=O)CNCc1ccc(CC(C)C)nc1. The van der Waals surface area contributed by atoms with Gasteiger partial charge in [-0.1, -0.05) is 19.9 Å². The molecule has 0 aliphatic rings. The highest BCUT2D eigenvalue weighted by Crippen LogP contribution is 2.06. The van der Waals surface area contributed by atoms with Crippen molar-refractivity contribution in [3.05, 3.63) is 29.6 Å². The van der Waals surface area contributed by atoms with Gasteiger partial charge in [-0.15, -0.1) is 0 Å². The summed E-state index contributed by atoms with van der Waals surface area (Å²) in [5, 5.41) is 3.00. The lowest BCUT2D eigenvalue weighted by Crippen LogP contribution is -2.23. The Morgan fingerprint density at radius 3 is 2.76 bits per heavy atom. The number of carbonyl (C=O) groups excluding carboxylic acids is 1. The van der Waals surface area contributed by atoms with Crippen molar-refractivity contribution in [1.82, 2.24) is 10.3 Å². The molecule has 17 heavy (non-hydrogen) atoms. The van der Waals surface area contributed by atoms with E-state index in [1.54, 1.807) is 0 Å². The van der Waals surface area contributed by atoms with Crippen LogP contribution in [0.15, 0.2) is 18.3 Å². The van der Waals surface area contributed by atoms with E-state index in [-0.39, 0.29) is 12.5 Å². The number of nitrogens with zero attached hydrogens (tertiary/aromatic N) is 1. The molecule has 0 saturated carbocycles. The van der Waals surface area contributed by atoms with Crippen molar-refractivity contribution in [1.29, 1.82) is 0 Å². The van der Waals surface area contributed by atoms with Crippen molar-refractivity contribution < 1.29 is 9.53 Å². The van der Waals surface area contributed by atoms with E-state index in [0.717, 1.165) is 17.7 Å². The minimum atomic E-state index is -0.255. The topological polar surface area (TPSA) is 51.2 Å². The molecule has 94 valence electrons. The lowest BCUT2D eigenvalue weighted by atomic mass is 10.1. The monoisotopic (exact) mass is 236 g/mol. The molecule has 1 aromatic rings. The number of nitrogens with one attached hydrogen (secondary N) is 1. The smallest absolute Gasteiger partial charge is 0.319 e. The average molecular weight is 236 g/mol. The lowest BCUT2D eigenvalue weighted by molar-refractivity contribution is -0.139. The number of aromatic nitrogens is 1.